The number of carbonyl (C=O) groups excluding carboxylic acids is 1. The van der Waals surface area contributed by atoms with Gasteiger partial charge in [0.15, 0.2) is 11.0 Å². The zero-order valence-corrected chi connectivity index (χ0v) is 18.8. The molecule has 33 heavy (non-hydrogen) atoms. The third kappa shape index (κ3) is 4.94. The van der Waals surface area contributed by atoms with Crippen LogP contribution < -0.4 is 5.32 Å². The summed E-state index contributed by atoms with van der Waals surface area (Å²) < 4.78 is 21.0. The Morgan fingerprint density at radius 3 is 2.88 bits per heavy atom. The van der Waals surface area contributed by atoms with E-state index in [4.69, 9.17) is 4.74 Å². The van der Waals surface area contributed by atoms with Crippen LogP contribution in [0.4, 0.5) is 4.39 Å². The zero-order valence-electron chi connectivity index (χ0n) is 18.0. The number of fused-ring (bicyclic) bond motifs is 1. The number of hydrogen-bond acceptors (Lipinski definition) is 5. The monoisotopic (exact) mass is 465 g/mol. The van der Waals surface area contributed by atoms with Gasteiger partial charge in [-0.05, 0) is 36.6 Å². The second kappa shape index (κ2) is 9.76. The van der Waals surface area contributed by atoms with Gasteiger partial charge in [0.05, 0.1) is 18.4 Å². The summed E-state index contributed by atoms with van der Waals surface area (Å²) >= 11 is 1.35. The lowest BCUT2D eigenvalue weighted by molar-refractivity contribution is -0.118. The molecule has 1 saturated heterocycles. The first kappa shape index (κ1) is 21.7. The molecule has 0 saturated carbocycles. The zero-order chi connectivity index (χ0) is 22.6. The van der Waals surface area contributed by atoms with Crippen molar-refractivity contribution in [3.8, 4) is 11.4 Å². The SMILES string of the molecule is O=C(CSc1nnc(-c2c[nH]c3ccccc23)n1C[C@H]1CCCO1)NCc1ccc(F)cc1. The Labute approximate surface area is 194 Å². The minimum absolute atomic E-state index is 0.108. The van der Waals surface area contributed by atoms with Crippen molar-refractivity contribution in [3.63, 3.8) is 0 Å². The average molecular weight is 466 g/mol. The number of benzene rings is 2. The van der Waals surface area contributed by atoms with Gasteiger partial charge in [-0.2, -0.15) is 0 Å². The van der Waals surface area contributed by atoms with E-state index in [0.29, 0.717) is 18.2 Å². The second-order valence-corrected chi connectivity index (χ2v) is 8.93. The van der Waals surface area contributed by atoms with Gasteiger partial charge in [-0.15, -0.1) is 10.2 Å². The molecule has 1 amide bonds. The van der Waals surface area contributed by atoms with Crippen molar-refractivity contribution in [2.75, 3.05) is 12.4 Å². The van der Waals surface area contributed by atoms with Gasteiger partial charge in [-0.1, -0.05) is 42.1 Å². The fraction of sp³-hybridized carbons (Fsp3) is 0.292. The number of halogens is 1. The second-order valence-electron chi connectivity index (χ2n) is 7.99. The van der Waals surface area contributed by atoms with Crippen molar-refractivity contribution >= 4 is 28.6 Å². The van der Waals surface area contributed by atoms with E-state index in [0.717, 1.165) is 47.3 Å². The molecule has 2 aromatic carbocycles. The first-order valence-corrected chi connectivity index (χ1v) is 11.9. The standard InChI is InChI=1S/C24H24FN5O2S/c25-17-9-7-16(8-10-17)12-27-22(31)15-33-24-29-28-23(30(24)14-18-4-3-11-32-18)20-13-26-21-6-2-1-5-19(20)21/h1-2,5-10,13,18,26H,3-4,11-12,14-15H2,(H,27,31)/t18-/m1/s1. The predicted molar refractivity (Wildman–Crippen MR) is 125 cm³/mol. The highest BCUT2D eigenvalue weighted by atomic mass is 32.2. The van der Waals surface area contributed by atoms with Crippen LogP contribution in [-0.2, 0) is 22.6 Å². The highest BCUT2D eigenvalue weighted by Crippen LogP contribution is 2.31. The Balaban J connectivity index is 1.32. The minimum Gasteiger partial charge on any atom is -0.376 e. The molecule has 0 aliphatic carbocycles. The Bertz CT molecular complexity index is 1250. The minimum atomic E-state index is -0.294. The van der Waals surface area contributed by atoms with E-state index in [9.17, 15) is 9.18 Å². The van der Waals surface area contributed by atoms with E-state index >= 15 is 0 Å². The Morgan fingerprint density at radius 1 is 1.21 bits per heavy atom. The molecular formula is C24H24FN5O2S. The van der Waals surface area contributed by atoms with Gasteiger partial charge in [0.2, 0.25) is 5.91 Å². The van der Waals surface area contributed by atoms with Crippen LogP contribution in [-0.4, -0.2) is 44.1 Å². The van der Waals surface area contributed by atoms with Gasteiger partial charge in [-0.25, -0.2) is 4.39 Å². The maximum atomic E-state index is 13.1. The van der Waals surface area contributed by atoms with Crippen molar-refractivity contribution in [2.24, 2.45) is 0 Å². The molecule has 2 N–H and O–H groups in total. The maximum Gasteiger partial charge on any atom is 0.230 e. The average Bonchev–Trinajstić information content (AvgIpc) is 3.58. The van der Waals surface area contributed by atoms with Crippen LogP contribution >= 0.6 is 11.8 Å². The van der Waals surface area contributed by atoms with Crippen molar-refractivity contribution in [2.45, 2.75) is 37.2 Å². The molecule has 170 valence electrons. The number of hydrogen-bond donors (Lipinski definition) is 2. The van der Waals surface area contributed by atoms with Gasteiger partial charge in [-0.3, -0.25) is 9.36 Å². The summed E-state index contributed by atoms with van der Waals surface area (Å²) in [6.45, 7) is 1.76. The molecule has 2 aromatic heterocycles. The quantitative estimate of drug-likeness (QED) is 0.382. The molecule has 0 unspecified atom stereocenters. The fourth-order valence-electron chi connectivity index (χ4n) is 3.99. The van der Waals surface area contributed by atoms with Crippen molar-refractivity contribution in [1.82, 2.24) is 25.1 Å². The first-order valence-electron chi connectivity index (χ1n) is 10.9. The third-order valence-corrected chi connectivity index (χ3v) is 6.66. The maximum absolute atomic E-state index is 13.1. The van der Waals surface area contributed by atoms with Crippen LogP contribution in [0.2, 0.25) is 0 Å². The molecule has 1 atom stereocenters. The highest BCUT2D eigenvalue weighted by molar-refractivity contribution is 7.99. The summed E-state index contributed by atoms with van der Waals surface area (Å²) in [5.74, 6) is 0.553. The van der Waals surface area contributed by atoms with Crippen LogP contribution in [0.1, 0.15) is 18.4 Å². The number of thioether (sulfide) groups is 1. The topological polar surface area (TPSA) is 84.8 Å². The fourth-order valence-corrected chi connectivity index (χ4v) is 4.77. The number of nitrogens with one attached hydrogen (secondary N) is 2. The highest BCUT2D eigenvalue weighted by Gasteiger charge is 2.23. The molecule has 3 heterocycles. The molecule has 0 spiro atoms. The number of aromatic nitrogens is 4. The van der Waals surface area contributed by atoms with E-state index in [-0.39, 0.29) is 23.6 Å². The van der Waals surface area contributed by atoms with Crippen LogP contribution in [0.15, 0.2) is 59.9 Å². The summed E-state index contributed by atoms with van der Waals surface area (Å²) in [6, 6.07) is 14.2. The molecule has 0 bridgehead atoms. The molecule has 9 heteroatoms. The molecule has 5 rings (SSSR count). The smallest absolute Gasteiger partial charge is 0.230 e. The van der Waals surface area contributed by atoms with Crippen molar-refractivity contribution in [1.29, 1.82) is 0 Å². The number of H-pyrrole nitrogens is 1. The Hall–Kier alpha value is -3.17. The molecule has 4 aromatic rings. The number of ether oxygens (including phenoxy) is 1. The predicted octanol–water partition coefficient (Wildman–Crippen LogP) is 4.15. The molecule has 1 aliphatic heterocycles. The lowest BCUT2D eigenvalue weighted by atomic mass is 10.1. The van der Waals surface area contributed by atoms with Gasteiger partial charge < -0.3 is 15.0 Å². The summed E-state index contributed by atoms with van der Waals surface area (Å²) in [4.78, 5) is 15.7. The lowest BCUT2D eigenvalue weighted by Gasteiger charge is -2.14. The molecule has 1 fully saturated rings. The number of para-hydroxylation sites is 1. The van der Waals surface area contributed by atoms with Gasteiger partial charge in [0.1, 0.15) is 5.82 Å². The first-order chi connectivity index (χ1) is 16.2. The van der Waals surface area contributed by atoms with E-state index in [1.54, 1.807) is 12.1 Å². The number of aromatic amines is 1. The van der Waals surface area contributed by atoms with Crippen LogP contribution in [0.25, 0.3) is 22.3 Å². The van der Waals surface area contributed by atoms with Crippen LogP contribution in [0.5, 0.6) is 0 Å². The number of nitrogens with zero attached hydrogens (tertiary/aromatic N) is 3. The van der Waals surface area contributed by atoms with Crippen LogP contribution in [0, 0.1) is 5.82 Å². The Morgan fingerprint density at radius 2 is 2.06 bits per heavy atom. The summed E-state index contributed by atoms with van der Waals surface area (Å²) in [7, 11) is 0. The van der Waals surface area contributed by atoms with Crippen molar-refractivity contribution in [3.05, 3.63) is 66.1 Å². The molecule has 0 radical (unpaired) electrons. The largest absolute Gasteiger partial charge is 0.376 e. The van der Waals surface area contributed by atoms with Gasteiger partial charge in [0.25, 0.3) is 0 Å². The third-order valence-electron chi connectivity index (χ3n) is 5.69. The van der Waals surface area contributed by atoms with Gasteiger partial charge in [0, 0.05) is 35.8 Å². The summed E-state index contributed by atoms with van der Waals surface area (Å²) in [6.07, 6.45) is 4.10. The van der Waals surface area contributed by atoms with Crippen molar-refractivity contribution < 1.29 is 13.9 Å². The normalized spacial score (nSPS) is 15.8. The number of rotatable bonds is 8. The summed E-state index contributed by atoms with van der Waals surface area (Å²) in [5, 5.41) is 13.5. The van der Waals surface area contributed by atoms with E-state index < -0.39 is 0 Å². The lowest BCUT2D eigenvalue weighted by Crippen LogP contribution is -2.25. The van der Waals surface area contributed by atoms with Gasteiger partial charge >= 0.3 is 0 Å². The van der Waals surface area contributed by atoms with E-state index in [1.807, 2.05) is 24.4 Å². The van der Waals surface area contributed by atoms with E-state index in [2.05, 4.69) is 31.1 Å². The molecule has 1 aliphatic rings. The Kier molecular flexibility index (Phi) is 6.41. The molecule has 7 nitrogen and oxygen atoms in total. The summed E-state index contributed by atoms with van der Waals surface area (Å²) in [5.41, 5.74) is 2.86. The van der Waals surface area contributed by atoms with E-state index in [1.165, 1.54) is 23.9 Å². The molecular weight excluding hydrogens is 441 g/mol. The number of carbonyl (C=O) groups is 1. The van der Waals surface area contributed by atoms with Crippen LogP contribution in [0.3, 0.4) is 0 Å². The number of amides is 1.